The molecule has 0 atom stereocenters. The molecule has 5 heteroatoms. The molecule has 18 heavy (non-hydrogen) atoms. The van der Waals surface area contributed by atoms with E-state index in [1.807, 2.05) is 0 Å². The second-order valence-corrected chi connectivity index (χ2v) is 4.60. The topological polar surface area (TPSA) is 12.0 Å². The van der Waals surface area contributed by atoms with E-state index in [1.54, 1.807) is 18.2 Å². The molecule has 0 heterocycles. The van der Waals surface area contributed by atoms with Gasteiger partial charge in [0.15, 0.2) is 0 Å². The highest BCUT2D eigenvalue weighted by Gasteiger charge is 2.07. The van der Waals surface area contributed by atoms with E-state index in [0.29, 0.717) is 10.0 Å². The van der Waals surface area contributed by atoms with E-state index >= 15 is 0 Å². The van der Waals surface area contributed by atoms with Gasteiger partial charge in [-0.05, 0) is 35.9 Å². The van der Waals surface area contributed by atoms with Gasteiger partial charge in [-0.1, -0.05) is 29.3 Å². The van der Waals surface area contributed by atoms with Crippen LogP contribution in [0, 0.1) is 11.6 Å². The largest absolute Gasteiger partial charge is 0.376 e. The van der Waals surface area contributed by atoms with Crippen molar-refractivity contribution in [3.05, 3.63) is 63.6 Å². The molecule has 94 valence electrons. The molecular formula is C13H9Cl2F2N. The maximum absolute atomic E-state index is 13.4. The number of hydrogen-bond donors (Lipinski definition) is 1. The van der Waals surface area contributed by atoms with Crippen LogP contribution in [0.1, 0.15) is 5.56 Å². The van der Waals surface area contributed by atoms with E-state index in [4.69, 9.17) is 23.2 Å². The maximum atomic E-state index is 13.4. The Morgan fingerprint density at radius 2 is 1.50 bits per heavy atom. The highest BCUT2D eigenvalue weighted by molar-refractivity contribution is 6.34. The fraction of sp³-hybridized carbons (Fsp3) is 0.0769. The molecular weight excluding hydrogens is 279 g/mol. The second-order valence-electron chi connectivity index (χ2n) is 3.73. The van der Waals surface area contributed by atoms with Gasteiger partial charge in [0, 0.05) is 16.6 Å². The van der Waals surface area contributed by atoms with E-state index in [-0.39, 0.29) is 12.2 Å². The highest BCUT2D eigenvalue weighted by atomic mass is 35.5. The lowest BCUT2D eigenvalue weighted by Gasteiger charge is -2.09. The Morgan fingerprint density at radius 1 is 0.944 bits per heavy atom. The quantitative estimate of drug-likeness (QED) is 0.848. The van der Waals surface area contributed by atoms with Crippen molar-refractivity contribution < 1.29 is 8.78 Å². The lowest BCUT2D eigenvalue weighted by atomic mass is 10.2. The first-order valence-electron chi connectivity index (χ1n) is 5.19. The zero-order valence-electron chi connectivity index (χ0n) is 9.18. The number of anilines is 1. The first kappa shape index (κ1) is 13.1. The molecule has 0 saturated carbocycles. The van der Waals surface area contributed by atoms with Gasteiger partial charge >= 0.3 is 0 Å². The molecule has 0 unspecified atom stereocenters. The lowest BCUT2D eigenvalue weighted by molar-refractivity contribution is 0.588. The van der Waals surface area contributed by atoms with Crippen LogP contribution in [-0.2, 0) is 6.54 Å². The zero-order chi connectivity index (χ0) is 13.1. The van der Waals surface area contributed by atoms with Crippen molar-refractivity contribution in [3.8, 4) is 0 Å². The van der Waals surface area contributed by atoms with Crippen LogP contribution in [0.5, 0.6) is 0 Å². The molecule has 0 radical (unpaired) electrons. The number of nitrogens with one attached hydrogen (secondary N) is 1. The Morgan fingerprint density at radius 3 is 2.06 bits per heavy atom. The Labute approximate surface area is 113 Å². The van der Waals surface area contributed by atoms with E-state index < -0.39 is 11.6 Å². The van der Waals surface area contributed by atoms with E-state index in [1.165, 1.54) is 18.2 Å². The van der Waals surface area contributed by atoms with Crippen molar-refractivity contribution in [3.63, 3.8) is 0 Å². The molecule has 2 rings (SSSR count). The Bertz CT molecular complexity index is 532. The second kappa shape index (κ2) is 5.55. The van der Waals surface area contributed by atoms with Crippen LogP contribution in [0.25, 0.3) is 0 Å². The summed E-state index contributed by atoms with van der Waals surface area (Å²) in [6, 6.07) is 8.65. The summed E-state index contributed by atoms with van der Waals surface area (Å²) in [7, 11) is 0. The monoisotopic (exact) mass is 287 g/mol. The van der Waals surface area contributed by atoms with Gasteiger partial charge < -0.3 is 5.32 Å². The predicted octanol–water partition coefficient (Wildman–Crippen LogP) is 4.88. The molecule has 2 aromatic carbocycles. The SMILES string of the molecule is Fc1cccc(F)c1NCc1cc(Cl)cc(Cl)c1. The summed E-state index contributed by atoms with van der Waals surface area (Å²) < 4.78 is 26.7. The predicted molar refractivity (Wildman–Crippen MR) is 70.1 cm³/mol. The fourth-order valence-corrected chi connectivity index (χ4v) is 2.14. The van der Waals surface area contributed by atoms with E-state index in [0.717, 1.165) is 5.56 Å². The third kappa shape index (κ3) is 3.12. The smallest absolute Gasteiger partial charge is 0.149 e. The van der Waals surface area contributed by atoms with Crippen LogP contribution in [0.3, 0.4) is 0 Å². The van der Waals surface area contributed by atoms with Gasteiger partial charge in [0.25, 0.3) is 0 Å². The molecule has 0 bridgehead atoms. The Kier molecular flexibility index (Phi) is 4.04. The van der Waals surface area contributed by atoms with Crippen molar-refractivity contribution in [2.45, 2.75) is 6.54 Å². The Balaban J connectivity index is 2.16. The van der Waals surface area contributed by atoms with Crippen LogP contribution in [-0.4, -0.2) is 0 Å². The van der Waals surface area contributed by atoms with E-state index in [2.05, 4.69) is 5.32 Å². The van der Waals surface area contributed by atoms with Crippen molar-refractivity contribution in [1.29, 1.82) is 0 Å². The fourth-order valence-electron chi connectivity index (χ4n) is 1.57. The summed E-state index contributed by atoms with van der Waals surface area (Å²) in [5.74, 6) is -1.27. The maximum Gasteiger partial charge on any atom is 0.149 e. The Hall–Kier alpha value is -1.32. The van der Waals surface area contributed by atoms with Gasteiger partial charge in [0.1, 0.15) is 17.3 Å². The standard InChI is InChI=1S/C13H9Cl2F2N/c14-9-4-8(5-10(15)6-9)7-18-13-11(16)2-1-3-12(13)17/h1-6,18H,7H2. The molecule has 0 aromatic heterocycles. The summed E-state index contributed by atoms with van der Waals surface area (Å²) in [5.41, 5.74) is 0.587. The van der Waals surface area contributed by atoms with Crippen molar-refractivity contribution >= 4 is 28.9 Å². The molecule has 0 aliphatic carbocycles. The van der Waals surface area contributed by atoms with Gasteiger partial charge in [-0.2, -0.15) is 0 Å². The molecule has 0 aliphatic heterocycles. The van der Waals surface area contributed by atoms with Crippen LogP contribution in [0.15, 0.2) is 36.4 Å². The van der Waals surface area contributed by atoms with Gasteiger partial charge in [-0.15, -0.1) is 0 Å². The third-order valence-corrected chi connectivity index (χ3v) is 2.79. The summed E-state index contributed by atoms with van der Waals surface area (Å²) in [6.45, 7) is 0.234. The molecule has 0 fully saturated rings. The van der Waals surface area contributed by atoms with Crippen LogP contribution in [0.2, 0.25) is 10.0 Å². The average Bonchev–Trinajstić information content (AvgIpc) is 2.27. The molecule has 1 N–H and O–H groups in total. The first-order chi connectivity index (χ1) is 8.56. The minimum atomic E-state index is -0.636. The van der Waals surface area contributed by atoms with Gasteiger partial charge in [0.05, 0.1) is 0 Å². The number of hydrogen-bond acceptors (Lipinski definition) is 1. The third-order valence-electron chi connectivity index (χ3n) is 2.35. The minimum Gasteiger partial charge on any atom is -0.376 e. The molecule has 0 spiro atoms. The zero-order valence-corrected chi connectivity index (χ0v) is 10.7. The van der Waals surface area contributed by atoms with Crippen molar-refractivity contribution in [1.82, 2.24) is 0 Å². The summed E-state index contributed by atoms with van der Waals surface area (Å²) in [4.78, 5) is 0. The van der Waals surface area contributed by atoms with Crippen LogP contribution >= 0.6 is 23.2 Å². The summed E-state index contributed by atoms with van der Waals surface area (Å²) in [5, 5.41) is 3.64. The molecule has 1 nitrogen and oxygen atoms in total. The van der Waals surface area contributed by atoms with Gasteiger partial charge in [-0.3, -0.25) is 0 Å². The van der Waals surface area contributed by atoms with Gasteiger partial charge in [0.2, 0.25) is 0 Å². The lowest BCUT2D eigenvalue weighted by Crippen LogP contribution is -2.03. The number of rotatable bonds is 3. The summed E-state index contributed by atoms with van der Waals surface area (Å²) >= 11 is 11.7. The first-order valence-corrected chi connectivity index (χ1v) is 5.95. The van der Waals surface area contributed by atoms with Crippen LogP contribution < -0.4 is 5.32 Å². The number of para-hydroxylation sites is 1. The molecule has 0 saturated heterocycles. The van der Waals surface area contributed by atoms with E-state index in [9.17, 15) is 8.78 Å². The number of halogens is 4. The normalized spacial score (nSPS) is 10.4. The summed E-state index contributed by atoms with van der Waals surface area (Å²) in [6.07, 6.45) is 0. The highest BCUT2D eigenvalue weighted by Crippen LogP contribution is 2.22. The van der Waals surface area contributed by atoms with Crippen molar-refractivity contribution in [2.75, 3.05) is 5.32 Å². The average molecular weight is 288 g/mol. The molecule has 0 amide bonds. The molecule has 2 aromatic rings. The molecule has 0 aliphatic rings. The number of benzene rings is 2. The van der Waals surface area contributed by atoms with Crippen molar-refractivity contribution in [2.24, 2.45) is 0 Å². The minimum absolute atomic E-state index is 0.159. The van der Waals surface area contributed by atoms with Crippen LogP contribution in [0.4, 0.5) is 14.5 Å². The van der Waals surface area contributed by atoms with Gasteiger partial charge in [-0.25, -0.2) is 8.78 Å².